The summed E-state index contributed by atoms with van der Waals surface area (Å²) in [5.74, 6) is 0.975. The molecule has 0 aliphatic heterocycles. The van der Waals surface area contributed by atoms with Crippen LogP contribution in [-0.2, 0) is 0 Å². The maximum absolute atomic E-state index is 13.2. The first-order chi connectivity index (χ1) is 9.24. The molecule has 3 nitrogen and oxygen atoms in total. The second-order valence-electron chi connectivity index (χ2n) is 4.01. The second kappa shape index (κ2) is 7.72. The molecule has 0 radical (unpaired) electrons. The third-order valence-electron chi connectivity index (χ3n) is 2.70. The first-order valence-corrected chi connectivity index (χ1v) is 6.01. The van der Waals surface area contributed by atoms with E-state index in [1.165, 1.54) is 12.1 Å². The number of rotatable bonds is 5. The third-order valence-corrected chi connectivity index (χ3v) is 2.70. The van der Waals surface area contributed by atoms with Gasteiger partial charge in [-0.1, -0.05) is 18.2 Å². The largest absolute Gasteiger partial charge is 0.493 e. The monoisotopic (exact) mass is 297 g/mol. The third kappa shape index (κ3) is 3.85. The van der Waals surface area contributed by atoms with Crippen LogP contribution in [0, 0.1) is 5.82 Å². The molecule has 0 saturated carbocycles. The Bertz CT molecular complexity index is 563. The standard InChI is InChI=1S/C15H16FNO2.ClH/c1-18-15-10-12(5-6-14(15)19-8-7-17)11-3-2-4-13(16)9-11;/h2-6,9-10H,7-8,17H2,1H3;1H. The van der Waals surface area contributed by atoms with Crippen molar-refractivity contribution in [1.29, 1.82) is 0 Å². The van der Waals surface area contributed by atoms with Crippen molar-refractivity contribution in [1.82, 2.24) is 0 Å². The molecule has 0 spiro atoms. The van der Waals surface area contributed by atoms with Gasteiger partial charge in [-0.15, -0.1) is 12.4 Å². The first kappa shape index (κ1) is 16.3. The highest BCUT2D eigenvalue weighted by atomic mass is 35.5. The molecule has 20 heavy (non-hydrogen) atoms. The Labute approximate surface area is 123 Å². The Kier molecular flexibility index (Phi) is 6.28. The number of methoxy groups -OCH3 is 1. The lowest BCUT2D eigenvalue weighted by Gasteiger charge is -2.11. The molecule has 0 bridgehead atoms. The number of halogens is 2. The van der Waals surface area contributed by atoms with Gasteiger partial charge in [0.15, 0.2) is 11.5 Å². The van der Waals surface area contributed by atoms with E-state index in [9.17, 15) is 4.39 Å². The number of nitrogens with two attached hydrogens (primary N) is 1. The van der Waals surface area contributed by atoms with Crippen LogP contribution in [0.5, 0.6) is 11.5 Å². The number of benzene rings is 2. The molecule has 0 heterocycles. The molecule has 5 heteroatoms. The van der Waals surface area contributed by atoms with Gasteiger partial charge >= 0.3 is 0 Å². The van der Waals surface area contributed by atoms with Crippen molar-refractivity contribution in [2.45, 2.75) is 0 Å². The highest BCUT2D eigenvalue weighted by Crippen LogP contribution is 2.32. The molecule has 0 fully saturated rings. The second-order valence-corrected chi connectivity index (χ2v) is 4.01. The number of hydrogen-bond donors (Lipinski definition) is 1. The molecular weight excluding hydrogens is 281 g/mol. The molecule has 2 aromatic rings. The summed E-state index contributed by atoms with van der Waals surface area (Å²) in [6, 6.07) is 11.9. The van der Waals surface area contributed by atoms with E-state index in [2.05, 4.69) is 0 Å². The minimum atomic E-state index is -0.264. The summed E-state index contributed by atoms with van der Waals surface area (Å²) in [7, 11) is 1.57. The van der Waals surface area contributed by atoms with Gasteiger partial charge in [-0.05, 0) is 35.4 Å². The predicted molar refractivity (Wildman–Crippen MR) is 80.2 cm³/mol. The van der Waals surface area contributed by atoms with Gasteiger partial charge in [-0.3, -0.25) is 0 Å². The van der Waals surface area contributed by atoms with E-state index >= 15 is 0 Å². The maximum atomic E-state index is 13.2. The van der Waals surface area contributed by atoms with Crippen LogP contribution in [0.25, 0.3) is 11.1 Å². The van der Waals surface area contributed by atoms with Gasteiger partial charge in [0, 0.05) is 6.54 Å². The van der Waals surface area contributed by atoms with Crippen LogP contribution in [0.15, 0.2) is 42.5 Å². The van der Waals surface area contributed by atoms with Crippen molar-refractivity contribution in [3.63, 3.8) is 0 Å². The fourth-order valence-corrected chi connectivity index (χ4v) is 1.80. The summed E-state index contributed by atoms with van der Waals surface area (Å²) in [5.41, 5.74) is 7.06. The zero-order valence-corrected chi connectivity index (χ0v) is 12.0. The Morgan fingerprint density at radius 3 is 2.45 bits per heavy atom. The average Bonchev–Trinajstić information content (AvgIpc) is 2.45. The minimum Gasteiger partial charge on any atom is -0.493 e. The topological polar surface area (TPSA) is 44.5 Å². The zero-order valence-electron chi connectivity index (χ0n) is 11.1. The lowest BCUT2D eigenvalue weighted by Crippen LogP contribution is -2.11. The van der Waals surface area contributed by atoms with Crippen LogP contribution in [0.2, 0.25) is 0 Å². The molecule has 108 valence electrons. The molecule has 0 aromatic heterocycles. The van der Waals surface area contributed by atoms with Gasteiger partial charge in [-0.2, -0.15) is 0 Å². The Morgan fingerprint density at radius 2 is 1.80 bits per heavy atom. The smallest absolute Gasteiger partial charge is 0.161 e. The molecule has 0 unspecified atom stereocenters. The lowest BCUT2D eigenvalue weighted by molar-refractivity contribution is 0.302. The summed E-state index contributed by atoms with van der Waals surface area (Å²) >= 11 is 0. The van der Waals surface area contributed by atoms with Gasteiger partial charge in [0.05, 0.1) is 7.11 Å². The van der Waals surface area contributed by atoms with E-state index in [0.29, 0.717) is 24.7 Å². The molecular formula is C15H17ClFNO2. The Balaban J connectivity index is 0.00000200. The zero-order chi connectivity index (χ0) is 13.7. The van der Waals surface area contributed by atoms with Crippen LogP contribution in [-0.4, -0.2) is 20.3 Å². The molecule has 2 N–H and O–H groups in total. The van der Waals surface area contributed by atoms with E-state index in [1.807, 2.05) is 18.2 Å². The van der Waals surface area contributed by atoms with Crippen molar-refractivity contribution >= 4 is 12.4 Å². The summed E-state index contributed by atoms with van der Waals surface area (Å²) in [5, 5.41) is 0. The Hall–Kier alpha value is -1.78. The lowest BCUT2D eigenvalue weighted by atomic mass is 10.1. The van der Waals surface area contributed by atoms with Crippen molar-refractivity contribution < 1.29 is 13.9 Å². The summed E-state index contributed by atoms with van der Waals surface area (Å²) < 4.78 is 24.0. The molecule has 2 aromatic carbocycles. The normalized spacial score (nSPS) is 9.75. The maximum Gasteiger partial charge on any atom is 0.161 e. The van der Waals surface area contributed by atoms with Crippen molar-refractivity contribution in [2.24, 2.45) is 5.73 Å². The molecule has 0 amide bonds. The van der Waals surface area contributed by atoms with Gasteiger partial charge < -0.3 is 15.2 Å². The fraction of sp³-hybridized carbons (Fsp3) is 0.200. The molecule has 0 aliphatic rings. The summed E-state index contributed by atoms with van der Waals surface area (Å²) in [4.78, 5) is 0. The van der Waals surface area contributed by atoms with Crippen molar-refractivity contribution in [3.05, 3.63) is 48.3 Å². The van der Waals surface area contributed by atoms with E-state index < -0.39 is 0 Å². The highest BCUT2D eigenvalue weighted by Gasteiger charge is 2.07. The van der Waals surface area contributed by atoms with Crippen molar-refractivity contribution in [3.8, 4) is 22.6 Å². The molecule has 2 rings (SSSR count). The van der Waals surface area contributed by atoms with E-state index in [4.69, 9.17) is 15.2 Å². The number of hydrogen-bond acceptors (Lipinski definition) is 3. The minimum absolute atomic E-state index is 0. The van der Waals surface area contributed by atoms with E-state index in [0.717, 1.165) is 11.1 Å². The summed E-state index contributed by atoms with van der Waals surface area (Å²) in [6.07, 6.45) is 0. The number of ether oxygens (including phenoxy) is 2. The predicted octanol–water partition coefficient (Wildman–Crippen LogP) is 3.26. The van der Waals surface area contributed by atoms with E-state index in [1.54, 1.807) is 19.2 Å². The van der Waals surface area contributed by atoms with Gasteiger partial charge in [0.25, 0.3) is 0 Å². The Morgan fingerprint density at radius 1 is 1.05 bits per heavy atom. The van der Waals surface area contributed by atoms with Crippen molar-refractivity contribution in [2.75, 3.05) is 20.3 Å². The highest BCUT2D eigenvalue weighted by molar-refractivity contribution is 5.85. The molecule has 0 aliphatic carbocycles. The van der Waals surface area contributed by atoms with E-state index in [-0.39, 0.29) is 18.2 Å². The van der Waals surface area contributed by atoms with Gasteiger partial charge in [0.2, 0.25) is 0 Å². The molecule has 0 saturated heterocycles. The molecule has 0 atom stereocenters. The van der Waals surface area contributed by atoms with Crippen LogP contribution in [0.1, 0.15) is 0 Å². The van der Waals surface area contributed by atoms with Gasteiger partial charge in [-0.25, -0.2) is 4.39 Å². The van der Waals surface area contributed by atoms with Gasteiger partial charge in [0.1, 0.15) is 12.4 Å². The summed E-state index contributed by atoms with van der Waals surface area (Å²) in [6.45, 7) is 0.866. The fourth-order valence-electron chi connectivity index (χ4n) is 1.80. The van der Waals surface area contributed by atoms with Crippen LogP contribution < -0.4 is 15.2 Å². The first-order valence-electron chi connectivity index (χ1n) is 6.01. The quantitative estimate of drug-likeness (QED) is 0.921. The van der Waals surface area contributed by atoms with Crippen LogP contribution in [0.3, 0.4) is 0 Å². The van der Waals surface area contributed by atoms with Crippen LogP contribution >= 0.6 is 12.4 Å². The average molecular weight is 298 g/mol. The SMILES string of the molecule is COc1cc(-c2cccc(F)c2)ccc1OCCN.Cl. The van der Waals surface area contributed by atoms with Crippen LogP contribution in [0.4, 0.5) is 4.39 Å².